The fourth-order valence-electron chi connectivity index (χ4n) is 3.07. The van der Waals surface area contributed by atoms with E-state index in [0.29, 0.717) is 17.9 Å². The predicted octanol–water partition coefficient (Wildman–Crippen LogP) is 3.90. The summed E-state index contributed by atoms with van der Waals surface area (Å²) in [5.74, 6) is 1.22. The molecule has 4 nitrogen and oxygen atoms in total. The van der Waals surface area contributed by atoms with Gasteiger partial charge >= 0.3 is 7.12 Å². The molecule has 0 bridgehead atoms. The molecule has 3 rings (SSSR count). The summed E-state index contributed by atoms with van der Waals surface area (Å²) in [6, 6.07) is 5.26. The van der Waals surface area contributed by atoms with Crippen molar-refractivity contribution in [2.24, 2.45) is 0 Å². The number of hydrogen-bond acceptors (Lipinski definition) is 5. The number of thioether (sulfide) groups is 1. The van der Waals surface area contributed by atoms with Crippen LogP contribution in [0.15, 0.2) is 18.2 Å². The summed E-state index contributed by atoms with van der Waals surface area (Å²) in [4.78, 5) is 0. The van der Waals surface area contributed by atoms with Gasteiger partial charge in [-0.3, -0.25) is 0 Å². The van der Waals surface area contributed by atoms with Gasteiger partial charge in [-0.15, -0.1) is 0 Å². The first-order valence-electron chi connectivity index (χ1n) is 9.73. The molecule has 0 aliphatic carbocycles. The van der Waals surface area contributed by atoms with Crippen molar-refractivity contribution in [1.29, 1.82) is 0 Å². The standard InChI is InChI=1S/C20H30BFO4S/c1-19(2)20(3,4)26-21(25-19)16-9-8-15(17(22)13-16)14-27-12-11-24-18-7-5-6-10-23-18/h8-9,13,18H,5-7,10-12,14H2,1-4H3. The third-order valence-electron chi connectivity index (χ3n) is 5.53. The topological polar surface area (TPSA) is 36.9 Å². The summed E-state index contributed by atoms with van der Waals surface area (Å²) < 4.78 is 37.7. The second-order valence-corrected chi connectivity index (χ2v) is 9.26. The summed E-state index contributed by atoms with van der Waals surface area (Å²) in [6.45, 7) is 9.40. The lowest BCUT2D eigenvalue weighted by molar-refractivity contribution is -0.158. The molecule has 0 spiro atoms. The van der Waals surface area contributed by atoms with Crippen LogP contribution in [-0.4, -0.2) is 43.6 Å². The Hall–Kier alpha value is -0.595. The highest BCUT2D eigenvalue weighted by Crippen LogP contribution is 2.36. The Morgan fingerprint density at radius 2 is 1.93 bits per heavy atom. The Morgan fingerprint density at radius 3 is 2.56 bits per heavy atom. The quantitative estimate of drug-likeness (QED) is 0.516. The molecule has 2 aliphatic heterocycles. The zero-order valence-corrected chi connectivity index (χ0v) is 17.6. The first-order valence-corrected chi connectivity index (χ1v) is 10.9. The van der Waals surface area contributed by atoms with Gasteiger partial charge in [0.2, 0.25) is 0 Å². The van der Waals surface area contributed by atoms with Gasteiger partial charge in [0, 0.05) is 18.1 Å². The number of hydrogen-bond donors (Lipinski definition) is 0. The number of rotatable bonds is 7. The van der Waals surface area contributed by atoms with Crippen molar-refractivity contribution in [2.45, 2.75) is 70.2 Å². The molecule has 27 heavy (non-hydrogen) atoms. The molecule has 0 aromatic heterocycles. The minimum Gasteiger partial charge on any atom is -0.399 e. The Morgan fingerprint density at radius 1 is 1.19 bits per heavy atom. The van der Waals surface area contributed by atoms with Crippen LogP contribution in [0.25, 0.3) is 0 Å². The van der Waals surface area contributed by atoms with Crippen molar-refractivity contribution < 1.29 is 23.2 Å². The van der Waals surface area contributed by atoms with Crippen LogP contribution in [0.2, 0.25) is 0 Å². The molecular weight excluding hydrogens is 366 g/mol. The molecule has 2 heterocycles. The highest BCUT2D eigenvalue weighted by Gasteiger charge is 2.51. The van der Waals surface area contributed by atoms with Gasteiger partial charge in [-0.2, -0.15) is 11.8 Å². The van der Waals surface area contributed by atoms with Gasteiger partial charge in [0.25, 0.3) is 0 Å². The summed E-state index contributed by atoms with van der Waals surface area (Å²) >= 11 is 1.66. The maximum absolute atomic E-state index is 14.5. The maximum atomic E-state index is 14.5. The third kappa shape index (κ3) is 5.27. The second-order valence-electron chi connectivity index (χ2n) is 8.16. The van der Waals surface area contributed by atoms with Crippen molar-refractivity contribution in [3.8, 4) is 0 Å². The molecule has 1 atom stereocenters. The first kappa shape index (κ1) is 21.1. The highest BCUT2D eigenvalue weighted by atomic mass is 32.2. The van der Waals surface area contributed by atoms with Crippen LogP contribution in [0.5, 0.6) is 0 Å². The van der Waals surface area contributed by atoms with Gasteiger partial charge in [0.15, 0.2) is 6.29 Å². The van der Waals surface area contributed by atoms with Gasteiger partial charge < -0.3 is 18.8 Å². The molecule has 2 saturated heterocycles. The lowest BCUT2D eigenvalue weighted by Gasteiger charge is -2.32. The second kappa shape index (κ2) is 8.83. The first-order chi connectivity index (χ1) is 12.8. The average Bonchev–Trinajstić information content (AvgIpc) is 2.84. The van der Waals surface area contributed by atoms with Crippen LogP contribution >= 0.6 is 11.8 Å². The van der Waals surface area contributed by atoms with E-state index in [1.165, 1.54) is 6.07 Å². The Labute approximate surface area is 166 Å². The van der Waals surface area contributed by atoms with E-state index in [2.05, 4.69) is 0 Å². The van der Waals surface area contributed by atoms with Gasteiger partial charge in [-0.1, -0.05) is 12.1 Å². The molecule has 1 unspecified atom stereocenters. The van der Waals surface area contributed by atoms with Crippen molar-refractivity contribution in [1.82, 2.24) is 0 Å². The van der Waals surface area contributed by atoms with E-state index in [-0.39, 0.29) is 12.1 Å². The predicted molar refractivity (Wildman–Crippen MR) is 108 cm³/mol. The van der Waals surface area contributed by atoms with E-state index in [4.69, 9.17) is 18.8 Å². The molecule has 2 aliphatic rings. The van der Waals surface area contributed by atoms with Gasteiger partial charge in [0.1, 0.15) is 5.82 Å². The fraction of sp³-hybridized carbons (Fsp3) is 0.700. The molecule has 0 amide bonds. The monoisotopic (exact) mass is 396 g/mol. The smallest absolute Gasteiger partial charge is 0.399 e. The Bertz CT molecular complexity index is 618. The molecule has 0 saturated carbocycles. The van der Waals surface area contributed by atoms with Crippen molar-refractivity contribution in [3.05, 3.63) is 29.6 Å². The van der Waals surface area contributed by atoms with Crippen molar-refractivity contribution in [2.75, 3.05) is 19.0 Å². The van der Waals surface area contributed by atoms with Crippen molar-refractivity contribution >= 4 is 24.3 Å². The van der Waals surface area contributed by atoms with Gasteiger partial charge in [-0.05, 0) is 64.1 Å². The number of benzene rings is 1. The average molecular weight is 396 g/mol. The summed E-state index contributed by atoms with van der Waals surface area (Å²) in [5.41, 5.74) is 0.557. The molecule has 0 N–H and O–H groups in total. The van der Waals surface area contributed by atoms with E-state index in [0.717, 1.165) is 37.1 Å². The molecule has 150 valence electrons. The van der Waals surface area contributed by atoms with Crippen LogP contribution in [0.4, 0.5) is 4.39 Å². The van der Waals surface area contributed by atoms with Crippen molar-refractivity contribution in [3.63, 3.8) is 0 Å². The summed E-state index contributed by atoms with van der Waals surface area (Å²) in [6.07, 6.45) is 3.20. The minimum absolute atomic E-state index is 0.0599. The number of ether oxygens (including phenoxy) is 2. The van der Waals surface area contributed by atoms with Crippen LogP contribution in [0, 0.1) is 5.82 Å². The van der Waals surface area contributed by atoms with Crippen LogP contribution in [-0.2, 0) is 24.5 Å². The zero-order chi connectivity index (χ0) is 19.5. The normalized spacial score (nSPS) is 24.3. The van der Waals surface area contributed by atoms with E-state index in [9.17, 15) is 4.39 Å². The van der Waals surface area contributed by atoms with Gasteiger partial charge in [0.05, 0.1) is 17.8 Å². The molecule has 1 aromatic carbocycles. The number of halogens is 1. The highest BCUT2D eigenvalue weighted by molar-refractivity contribution is 7.98. The minimum atomic E-state index is -0.532. The summed E-state index contributed by atoms with van der Waals surface area (Å²) in [5, 5.41) is 0. The Kier molecular flexibility index (Phi) is 6.90. The SMILES string of the molecule is CC1(C)OB(c2ccc(CSCCOC3CCCCO3)c(F)c2)OC1(C)C. The Balaban J connectivity index is 1.46. The van der Waals surface area contributed by atoms with E-state index in [1.54, 1.807) is 11.8 Å². The molecular formula is C20H30BFO4S. The molecule has 7 heteroatoms. The molecule has 2 fully saturated rings. The molecule has 0 radical (unpaired) electrons. The third-order valence-corrected chi connectivity index (χ3v) is 6.50. The summed E-state index contributed by atoms with van der Waals surface area (Å²) in [7, 11) is -0.532. The van der Waals surface area contributed by atoms with Gasteiger partial charge in [-0.25, -0.2) is 4.39 Å². The van der Waals surface area contributed by atoms with Crippen LogP contribution < -0.4 is 5.46 Å². The lowest BCUT2D eigenvalue weighted by atomic mass is 9.79. The fourth-order valence-corrected chi connectivity index (χ4v) is 3.88. The van der Waals surface area contributed by atoms with Crippen LogP contribution in [0.3, 0.4) is 0 Å². The zero-order valence-electron chi connectivity index (χ0n) is 16.8. The lowest BCUT2D eigenvalue weighted by Crippen LogP contribution is -2.41. The van der Waals surface area contributed by atoms with Crippen LogP contribution in [0.1, 0.15) is 52.5 Å². The van der Waals surface area contributed by atoms with E-state index < -0.39 is 18.3 Å². The molecule has 1 aromatic rings. The maximum Gasteiger partial charge on any atom is 0.494 e. The van der Waals surface area contributed by atoms with E-state index in [1.807, 2.05) is 39.8 Å². The largest absolute Gasteiger partial charge is 0.494 e. The van der Waals surface area contributed by atoms with E-state index >= 15 is 0 Å².